The number of methoxy groups -OCH3 is 1. The maximum Gasteiger partial charge on any atom is 0.120 e. The third-order valence-corrected chi connectivity index (χ3v) is 3.63. The maximum absolute atomic E-state index is 9.85. The van der Waals surface area contributed by atoms with Gasteiger partial charge in [0.15, 0.2) is 0 Å². The lowest BCUT2D eigenvalue weighted by molar-refractivity contribution is 0.409. The molecule has 0 saturated carbocycles. The van der Waals surface area contributed by atoms with E-state index in [-0.39, 0.29) is 11.8 Å². The number of nitrogens with one attached hydrogen (secondary N) is 1. The zero-order valence-electron chi connectivity index (χ0n) is 12.3. The average Bonchev–Trinajstić information content (AvgIpc) is 2.49. The molecule has 0 radical (unpaired) electrons. The summed E-state index contributed by atoms with van der Waals surface area (Å²) in [6.07, 6.45) is 0.905. The highest BCUT2D eigenvalue weighted by Gasteiger charge is 2.07. The highest BCUT2D eigenvalue weighted by atomic mass is 35.5. The molecule has 2 aromatic rings. The van der Waals surface area contributed by atoms with E-state index in [1.807, 2.05) is 30.3 Å². The number of hydrogen-bond acceptors (Lipinski definition) is 3. The van der Waals surface area contributed by atoms with Crippen LogP contribution in [0.1, 0.15) is 18.1 Å². The zero-order chi connectivity index (χ0) is 15.2. The summed E-state index contributed by atoms with van der Waals surface area (Å²) in [6, 6.07) is 13.4. The normalized spacial score (nSPS) is 12.1. The molecule has 0 spiro atoms. The number of halogens is 1. The third-order valence-electron chi connectivity index (χ3n) is 3.38. The van der Waals surface area contributed by atoms with E-state index in [1.165, 1.54) is 5.56 Å². The summed E-state index contributed by atoms with van der Waals surface area (Å²) < 4.78 is 5.17. The van der Waals surface area contributed by atoms with Gasteiger partial charge in [-0.2, -0.15) is 0 Å². The van der Waals surface area contributed by atoms with Crippen LogP contribution in [0.5, 0.6) is 11.5 Å². The van der Waals surface area contributed by atoms with Gasteiger partial charge in [-0.1, -0.05) is 23.7 Å². The van der Waals surface area contributed by atoms with Crippen LogP contribution in [0.2, 0.25) is 5.02 Å². The van der Waals surface area contributed by atoms with E-state index in [2.05, 4.69) is 12.2 Å². The summed E-state index contributed by atoms with van der Waals surface area (Å²) in [5.41, 5.74) is 2.06. The van der Waals surface area contributed by atoms with Crippen molar-refractivity contribution in [3.8, 4) is 11.5 Å². The molecule has 112 valence electrons. The predicted molar refractivity (Wildman–Crippen MR) is 86.1 cm³/mol. The van der Waals surface area contributed by atoms with Gasteiger partial charge in [0.25, 0.3) is 0 Å². The van der Waals surface area contributed by atoms with Crippen molar-refractivity contribution in [1.29, 1.82) is 0 Å². The van der Waals surface area contributed by atoms with E-state index in [4.69, 9.17) is 16.3 Å². The lowest BCUT2D eigenvalue weighted by Crippen LogP contribution is -2.27. The van der Waals surface area contributed by atoms with E-state index in [1.54, 1.807) is 19.2 Å². The van der Waals surface area contributed by atoms with E-state index >= 15 is 0 Å². The van der Waals surface area contributed by atoms with Crippen LogP contribution < -0.4 is 10.1 Å². The minimum absolute atomic E-state index is 0.280. The van der Waals surface area contributed by atoms with Crippen LogP contribution in [0, 0.1) is 0 Å². The van der Waals surface area contributed by atoms with Crippen molar-refractivity contribution < 1.29 is 9.84 Å². The smallest absolute Gasteiger partial charge is 0.120 e. The molecule has 1 atom stereocenters. The van der Waals surface area contributed by atoms with Crippen LogP contribution in [-0.4, -0.2) is 18.3 Å². The van der Waals surface area contributed by atoms with Crippen molar-refractivity contribution >= 4 is 11.6 Å². The van der Waals surface area contributed by atoms with Crippen LogP contribution in [0.4, 0.5) is 0 Å². The van der Waals surface area contributed by atoms with E-state index < -0.39 is 0 Å². The quantitative estimate of drug-likeness (QED) is 0.853. The van der Waals surface area contributed by atoms with E-state index in [0.717, 1.165) is 22.8 Å². The van der Waals surface area contributed by atoms with Crippen molar-refractivity contribution in [2.45, 2.75) is 25.9 Å². The molecule has 0 bridgehead atoms. The molecule has 0 aliphatic carbocycles. The molecule has 4 heteroatoms. The molecule has 0 heterocycles. The van der Waals surface area contributed by atoms with Gasteiger partial charge in [-0.05, 0) is 49.2 Å². The number of rotatable bonds is 6. The van der Waals surface area contributed by atoms with Gasteiger partial charge in [0.2, 0.25) is 0 Å². The Labute approximate surface area is 130 Å². The summed E-state index contributed by atoms with van der Waals surface area (Å²) >= 11 is 5.88. The Balaban J connectivity index is 1.91. The Kier molecular flexibility index (Phi) is 5.48. The molecule has 3 nitrogen and oxygen atoms in total. The Morgan fingerprint density at radius 1 is 1.19 bits per heavy atom. The van der Waals surface area contributed by atoms with Crippen LogP contribution in [0.15, 0.2) is 42.5 Å². The molecule has 1 unspecified atom stereocenters. The highest BCUT2D eigenvalue weighted by Crippen LogP contribution is 2.22. The monoisotopic (exact) mass is 305 g/mol. The largest absolute Gasteiger partial charge is 0.508 e. The molecular weight excluding hydrogens is 286 g/mol. The van der Waals surface area contributed by atoms with Gasteiger partial charge in [-0.3, -0.25) is 0 Å². The second kappa shape index (κ2) is 7.34. The number of benzene rings is 2. The summed E-state index contributed by atoms with van der Waals surface area (Å²) in [4.78, 5) is 0. The van der Waals surface area contributed by atoms with Gasteiger partial charge in [0.05, 0.1) is 7.11 Å². The van der Waals surface area contributed by atoms with Crippen LogP contribution in [0.25, 0.3) is 0 Å². The lowest BCUT2D eigenvalue weighted by Gasteiger charge is -2.15. The molecule has 0 amide bonds. The summed E-state index contributed by atoms with van der Waals surface area (Å²) in [6.45, 7) is 2.71. The van der Waals surface area contributed by atoms with Gasteiger partial charge in [0, 0.05) is 23.2 Å². The van der Waals surface area contributed by atoms with E-state index in [0.29, 0.717) is 6.54 Å². The fraction of sp³-hybridized carbons (Fsp3) is 0.294. The number of phenols is 1. The van der Waals surface area contributed by atoms with Gasteiger partial charge < -0.3 is 15.2 Å². The highest BCUT2D eigenvalue weighted by molar-refractivity contribution is 6.30. The first-order valence-electron chi connectivity index (χ1n) is 6.92. The lowest BCUT2D eigenvalue weighted by atomic mass is 10.1. The molecule has 0 aliphatic heterocycles. The minimum atomic E-state index is 0.280. The molecule has 2 N–H and O–H groups in total. The minimum Gasteiger partial charge on any atom is -0.508 e. The van der Waals surface area contributed by atoms with Crippen molar-refractivity contribution in [3.05, 3.63) is 58.6 Å². The van der Waals surface area contributed by atoms with E-state index in [9.17, 15) is 5.11 Å². The fourth-order valence-corrected chi connectivity index (χ4v) is 2.29. The fourth-order valence-electron chi connectivity index (χ4n) is 2.16. The van der Waals surface area contributed by atoms with Gasteiger partial charge in [-0.15, -0.1) is 0 Å². The van der Waals surface area contributed by atoms with Gasteiger partial charge in [0.1, 0.15) is 11.5 Å². The zero-order valence-corrected chi connectivity index (χ0v) is 13.0. The van der Waals surface area contributed by atoms with Gasteiger partial charge in [-0.25, -0.2) is 0 Å². The topological polar surface area (TPSA) is 41.5 Å². The number of ether oxygens (including phenoxy) is 1. The van der Waals surface area contributed by atoms with Gasteiger partial charge >= 0.3 is 0 Å². The van der Waals surface area contributed by atoms with Crippen LogP contribution in [0.3, 0.4) is 0 Å². The number of phenolic OH excluding ortho intramolecular Hbond substituents is 1. The Hall–Kier alpha value is -1.71. The van der Waals surface area contributed by atoms with Crippen molar-refractivity contribution in [2.75, 3.05) is 7.11 Å². The van der Waals surface area contributed by atoms with Crippen LogP contribution >= 0.6 is 11.6 Å². The average molecular weight is 306 g/mol. The second-order valence-electron chi connectivity index (χ2n) is 5.11. The van der Waals surface area contributed by atoms with Crippen molar-refractivity contribution in [3.63, 3.8) is 0 Å². The molecule has 0 saturated heterocycles. The Bertz CT molecular complexity index is 584. The summed E-state index contributed by atoms with van der Waals surface area (Å²) in [5.74, 6) is 1.02. The first kappa shape index (κ1) is 15.7. The molecule has 0 fully saturated rings. The maximum atomic E-state index is 9.85. The first-order valence-corrected chi connectivity index (χ1v) is 7.30. The molecular formula is C17H20ClNO2. The molecule has 2 rings (SSSR count). The summed E-state index contributed by atoms with van der Waals surface area (Å²) in [7, 11) is 1.62. The molecule has 2 aromatic carbocycles. The van der Waals surface area contributed by atoms with Crippen molar-refractivity contribution in [1.82, 2.24) is 5.32 Å². The number of aromatic hydroxyl groups is 1. The van der Waals surface area contributed by atoms with Crippen molar-refractivity contribution in [2.24, 2.45) is 0 Å². The third kappa shape index (κ3) is 4.66. The molecule has 0 aromatic heterocycles. The van der Waals surface area contributed by atoms with Crippen LogP contribution in [-0.2, 0) is 13.0 Å². The number of hydrogen-bond donors (Lipinski definition) is 2. The summed E-state index contributed by atoms with van der Waals surface area (Å²) in [5, 5.41) is 14.0. The first-order chi connectivity index (χ1) is 10.1. The standard InChI is InChI=1S/C17H20ClNO2/c1-12(9-13-3-5-15(18)6-4-13)19-11-14-10-16(21-2)7-8-17(14)20/h3-8,10,12,19-20H,9,11H2,1-2H3. The predicted octanol–water partition coefficient (Wildman–Crippen LogP) is 3.78. The molecule has 21 heavy (non-hydrogen) atoms. The SMILES string of the molecule is COc1ccc(O)c(CNC(C)Cc2ccc(Cl)cc2)c1. The Morgan fingerprint density at radius 2 is 1.90 bits per heavy atom. The molecule has 0 aliphatic rings. The second-order valence-corrected chi connectivity index (χ2v) is 5.54. The Morgan fingerprint density at radius 3 is 2.57 bits per heavy atom.